The van der Waals surface area contributed by atoms with Gasteiger partial charge in [0.25, 0.3) is 5.91 Å². The third-order valence-corrected chi connectivity index (χ3v) is 3.29. The van der Waals surface area contributed by atoms with Gasteiger partial charge in [0.1, 0.15) is 11.6 Å². The second-order valence-corrected chi connectivity index (χ2v) is 4.79. The summed E-state index contributed by atoms with van der Waals surface area (Å²) in [5.41, 5.74) is 2.72. The van der Waals surface area contributed by atoms with E-state index in [2.05, 4.69) is 15.3 Å². The van der Waals surface area contributed by atoms with Crippen molar-refractivity contribution in [3.8, 4) is 11.5 Å². The van der Waals surface area contributed by atoms with Crippen molar-refractivity contribution in [3.05, 3.63) is 42.6 Å². The molecule has 112 valence electrons. The monoisotopic (exact) mass is 297 g/mol. The SMILES string of the molecule is COC(C)C(=O)Nc1ccc(-c2nc3cccnc3o2)cc1. The van der Waals surface area contributed by atoms with Crippen LogP contribution in [-0.2, 0) is 9.53 Å². The third kappa shape index (κ3) is 2.82. The summed E-state index contributed by atoms with van der Waals surface area (Å²) in [5.74, 6) is 0.304. The van der Waals surface area contributed by atoms with E-state index in [0.717, 1.165) is 5.56 Å². The number of nitrogens with one attached hydrogen (secondary N) is 1. The zero-order valence-corrected chi connectivity index (χ0v) is 12.2. The van der Waals surface area contributed by atoms with Gasteiger partial charge in [-0.2, -0.15) is 0 Å². The van der Waals surface area contributed by atoms with Crippen molar-refractivity contribution in [3.63, 3.8) is 0 Å². The van der Waals surface area contributed by atoms with Crippen molar-refractivity contribution >= 4 is 22.8 Å². The van der Waals surface area contributed by atoms with Crippen LogP contribution in [-0.4, -0.2) is 29.1 Å². The maximum absolute atomic E-state index is 11.7. The van der Waals surface area contributed by atoms with E-state index >= 15 is 0 Å². The smallest absolute Gasteiger partial charge is 0.253 e. The molecule has 0 saturated carbocycles. The third-order valence-electron chi connectivity index (χ3n) is 3.29. The van der Waals surface area contributed by atoms with E-state index in [4.69, 9.17) is 9.15 Å². The number of methoxy groups -OCH3 is 1. The molecule has 1 aromatic carbocycles. The Morgan fingerprint density at radius 2 is 2.05 bits per heavy atom. The average Bonchev–Trinajstić information content (AvgIpc) is 2.98. The summed E-state index contributed by atoms with van der Waals surface area (Å²) in [6, 6.07) is 10.9. The van der Waals surface area contributed by atoms with E-state index in [1.807, 2.05) is 24.3 Å². The number of anilines is 1. The minimum atomic E-state index is -0.497. The number of fused-ring (bicyclic) bond motifs is 1. The maximum atomic E-state index is 11.7. The van der Waals surface area contributed by atoms with E-state index in [-0.39, 0.29) is 5.91 Å². The summed E-state index contributed by atoms with van der Waals surface area (Å²) < 4.78 is 10.6. The molecule has 0 fully saturated rings. The Bertz CT molecular complexity index is 763. The number of carbonyl (C=O) groups is 1. The lowest BCUT2D eigenvalue weighted by atomic mass is 10.2. The summed E-state index contributed by atoms with van der Waals surface area (Å²) in [4.78, 5) is 20.2. The first-order valence-electron chi connectivity index (χ1n) is 6.83. The Labute approximate surface area is 127 Å². The highest BCUT2D eigenvalue weighted by Crippen LogP contribution is 2.24. The van der Waals surface area contributed by atoms with Gasteiger partial charge in [-0.25, -0.2) is 9.97 Å². The predicted octanol–water partition coefficient (Wildman–Crippen LogP) is 2.86. The van der Waals surface area contributed by atoms with Gasteiger partial charge < -0.3 is 14.5 Å². The van der Waals surface area contributed by atoms with Crippen LogP contribution in [0.4, 0.5) is 5.69 Å². The normalized spacial score (nSPS) is 12.3. The van der Waals surface area contributed by atoms with Crippen LogP contribution in [0.3, 0.4) is 0 Å². The zero-order chi connectivity index (χ0) is 15.5. The number of rotatable bonds is 4. The molecule has 0 aliphatic heterocycles. The summed E-state index contributed by atoms with van der Waals surface area (Å²) in [5, 5.41) is 2.77. The number of hydrogen-bond acceptors (Lipinski definition) is 5. The number of ether oxygens (including phenoxy) is 1. The molecule has 1 unspecified atom stereocenters. The molecule has 2 heterocycles. The van der Waals surface area contributed by atoms with E-state index in [1.165, 1.54) is 7.11 Å². The summed E-state index contributed by atoms with van der Waals surface area (Å²) in [7, 11) is 1.49. The second-order valence-electron chi connectivity index (χ2n) is 4.79. The topological polar surface area (TPSA) is 77.2 Å². The highest BCUT2D eigenvalue weighted by Gasteiger charge is 2.12. The number of hydrogen-bond donors (Lipinski definition) is 1. The van der Waals surface area contributed by atoms with Gasteiger partial charge in [0.05, 0.1) is 0 Å². The number of amides is 1. The molecule has 0 saturated heterocycles. The molecule has 0 bridgehead atoms. The molecule has 22 heavy (non-hydrogen) atoms. The van der Waals surface area contributed by atoms with Gasteiger partial charge in [0.15, 0.2) is 0 Å². The molecule has 0 aliphatic rings. The highest BCUT2D eigenvalue weighted by atomic mass is 16.5. The quantitative estimate of drug-likeness (QED) is 0.801. The van der Waals surface area contributed by atoms with Crippen LogP contribution in [0.15, 0.2) is 47.0 Å². The largest absolute Gasteiger partial charge is 0.418 e. The molecule has 0 radical (unpaired) electrons. The van der Waals surface area contributed by atoms with Gasteiger partial charge in [-0.15, -0.1) is 0 Å². The van der Waals surface area contributed by atoms with Crippen LogP contribution >= 0.6 is 0 Å². The molecule has 6 heteroatoms. The zero-order valence-electron chi connectivity index (χ0n) is 12.2. The second kappa shape index (κ2) is 5.95. The van der Waals surface area contributed by atoms with Crippen molar-refractivity contribution < 1.29 is 13.9 Å². The Kier molecular flexibility index (Phi) is 3.84. The molecule has 1 amide bonds. The summed E-state index contributed by atoms with van der Waals surface area (Å²) >= 11 is 0. The predicted molar refractivity (Wildman–Crippen MR) is 82.3 cm³/mol. The molecule has 3 aromatic rings. The first kappa shape index (κ1) is 14.2. The lowest BCUT2D eigenvalue weighted by Crippen LogP contribution is -2.26. The first-order valence-corrected chi connectivity index (χ1v) is 6.83. The minimum Gasteiger partial charge on any atom is -0.418 e. The van der Waals surface area contributed by atoms with Gasteiger partial charge in [-0.05, 0) is 43.3 Å². The van der Waals surface area contributed by atoms with Gasteiger partial charge in [0.2, 0.25) is 11.6 Å². The number of benzene rings is 1. The van der Waals surface area contributed by atoms with Crippen LogP contribution < -0.4 is 5.32 Å². The van der Waals surface area contributed by atoms with Gasteiger partial charge in [0, 0.05) is 24.6 Å². The fourth-order valence-electron chi connectivity index (χ4n) is 1.94. The Morgan fingerprint density at radius 3 is 2.73 bits per heavy atom. The van der Waals surface area contributed by atoms with Crippen LogP contribution in [0.5, 0.6) is 0 Å². The van der Waals surface area contributed by atoms with Gasteiger partial charge in [-0.1, -0.05) is 0 Å². The number of carbonyl (C=O) groups excluding carboxylic acids is 1. The molecule has 0 aliphatic carbocycles. The standard InChI is InChI=1S/C16H15N3O3/c1-10(21-2)14(20)18-12-7-5-11(6-8-12)15-19-13-4-3-9-17-16(13)22-15/h3-10H,1-2H3,(H,18,20). The van der Waals surface area contributed by atoms with E-state index < -0.39 is 6.10 Å². The molecule has 2 aromatic heterocycles. The summed E-state index contributed by atoms with van der Waals surface area (Å²) in [6.45, 7) is 1.69. The van der Waals surface area contributed by atoms with Crippen LogP contribution in [0.2, 0.25) is 0 Å². The van der Waals surface area contributed by atoms with Gasteiger partial charge in [-0.3, -0.25) is 4.79 Å². The van der Waals surface area contributed by atoms with E-state index in [9.17, 15) is 4.79 Å². The maximum Gasteiger partial charge on any atom is 0.253 e. The number of aromatic nitrogens is 2. The summed E-state index contributed by atoms with van der Waals surface area (Å²) in [6.07, 6.45) is 1.16. The molecule has 3 rings (SSSR count). The van der Waals surface area contributed by atoms with E-state index in [1.54, 1.807) is 25.3 Å². The van der Waals surface area contributed by atoms with Gasteiger partial charge >= 0.3 is 0 Å². The van der Waals surface area contributed by atoms with Crippen molar-refractivity contribution in [2.24, 2.45) is 0 Å². The Balaban J connectivity index is 1.80. The molecule has 1 atom stereocenters. The first-order chi connectivity index (χ1) is 10.7. The molecule has 0 spiro atoms. The fourth-order valence-corrected chi connectivity index (χ4v) is 1.94. The Hall–Kier alpha value is -2.73. The van der Waals surface area contributed by atoms with Crippen molar-refractivity contribution in [2.45, 2.75) is 13.0 Å². The lowest BCUT2D eigenvalue weighted by molar-refractivity contribution is -0.124. The number of pyridine rings is 1. The van der Waals surface area contributed by atoms with Crippen LogP contribution in [0.25, 0.3) is 22.7 Å². The Morgan fingerprint density at radius 1 is 1.27 bits per heavy atom. The van der Waals surface area contributed by atoms with Crippen LogP contribution in [0, 0.1) is 0 Å². The lowest BCUT2D eigenvalue weighted by Gasteiger charge is -2.10. The minimum absolute atomic E-state index is 0.193. The van der Waals surface area contributed by atoms with Crippen LogP contribution in [0.1, 0.15) is 6.92 Å². The average molecular weight is 297 g/mol. The molecule has 1 N–H and O–H groups in total. The fraction of sp³-hybridized carbons (Fsp3) is 0.188. The molecular weight excluding hydrogens is 282 g/mol. The number of nitrogens with zero attached hydrogens (tertiary/aromatic N) is 2. The van der Waals surface area contributed by atoms with Crippen molar-refractivity contribution in [2.75, 3.05) is 12.4 Å². The van der Waals surface area contributed by atoms with E-state index in [0.29, 0.717) is 22.8 Å². The van der Waals surface area contributed by atoms with Crippen molar-refractivity contribution in [1.29, 1.82) is 0 Å². The van der Waals surface area contributed by atoms with Crippen molar-refractivity contribution in [1.82, 2.24) is 9.97 Å². The number of oxazole rings is 1. The highest BCUT2D eigenvalue weighted by molar-refractivity contribution is 5.94. The molecule has 6 nitrogen and oxygen atoms in total. The molecular formula is C16H15N3O3.